The fourth-order valence-electron chi connectivity index (χ4n) is 0.631. The molecule has 1 amide bonds. The van der Waals surface area contributed by atoms with Gasteiger partial charge in [0.05, 0.1) is 6.61 Å². The van der Waals surface area contributed by atoms with E-state index >= 15 is 0 Å². The summed E-state index contributed by atoms with van der Waals surface area (Å²) in [7, 11) is 0. The molecule has 1 aliphatic rings. The molecule has 1 rings (SSSR count). The number of ether oxygens (including phenoxy) is 1. The first-order valence-electron chi connectivity index (χ1n) is 3.15. The maximum absolute atomic E-state index is 10.9. The Bertz CT molecular complexity index is 214. The van der Waals surface area contributed by atoms with Gasteiger partial charge in [0, 0.05) is 6.21 Å². The first-order valence-corrected chi connectivity index (χ1v) is 4.03. The van der Waals surface area contributed by atoms with Crippen LogP contribution in [-0.2, 0) is 9.53 Å². The van der Waals surface area contributed by atoms with Gasteiger partial charge in [0.2, 0.25) is 0 Å². The highest BCUT2D eigenvalue weighted by atomic mass is 32.2. The van der Waals surface area contributed by atoms with Crippen LogP contribution in [0.4, 0.5) is 4.79 Å². The zero-order chi connectivity index (χ0) is 8.27. The molecule has 1 unspecified atom stereocenters. The van der Waals surface area contributed by atoms with E-state index in [9.17, 15) is 9.59 Å². The molecule has 11 heavy (non-hydrogen) atoms. The predicted molar refractivity (Wildman–Crippen MR) is 41.9 cm³/mol. The first-order chi connectivity index (χ1) is 5.24. The van der Waals surface area contributed by atoms with Gasteiger partial charge in [-0.2, -0.15) is 0 Å². The summed E-state index contributed by atoms with van der Waals surface area (Å²) in [6.07, 6.45) is 1.31. The number of thioether (sulfide) groups is 1. The molecule has 0 aromatic heterocycles. The van der Waals surface area contributed by atoms with Crippen LogP contribution in [-0.4, -0.2) is 29.3 Å². The minimum atomic E-state index is -0.526. The zero-order valence-electron chi connectivity index (χ0n) is 5.94. The minimum Gasteiger partial charge on any atom is -0.465 e. The summed E-state index contributed by atoms with van der Waals surface area (Å²) in [4.78, 5) is 24.8. The van der Waals surface area contributed by atoms with Crippen molar-refractivity contribution < 1.29 is 14.3 Å². The van der Waals surface area contributed by atoms with Crippen LogP contribution in [0.1, 0.15) is 6.92 Å². The van der Waals surface area contributed by atoms with Crippen LogP contribution in [0.25, 0.3) is 0 Å². The Balaban J connectivity index is 2.44. The summed E-state index contributed by atoms with van der Waals surface area (Å²) in [6.45, 7) is 2.05. The second-order valence-corrected chi connectivity index (χ2v) is 2.93. The molecule has 60 valence electrons. The molecule has 0 spiro atoms. The molecule has 1 aliphatic heterocycles. The quantitative estimate of drug-likeness (QED) is 0.581. The van der Waals surface area contributed by atoms with E-state index in [0.29, 0.717) is 6.61 Å². The maximum Gasteiger partial charge on any atom is 0.325 e. The lowest BCUT2D eigenvalue weighted by Crippen LogP contribution is -2.19. The van der Waals surface area contributed by atoms with E-state index < -0.39 is 11.2 Å². The van der Waals surface area contributed by atoms with Gasteiger partial charge in [0.25, 0.3) is 0 Å². The Morgan fingerprint density at radius 2 is 2.64 bits per heavy atom. The number of carbonyl (C=O) groups excluding carboxylic acids is 2. The van der Waals surface area contributed by atoms with Gasteiger partial charge in [0.15, 0.2) is 0 Å². The van der Waals surface area contributed by atoms with Crippen molar-refractivity contribution in [2.75, 3.05) is 6.61 Å². The Kier molecular flexibility index (Phi) is 2.64. The van der Waals surface area contributed by atoms with Crippen molar-refractivity contribution in [3.05, 3.63) is 0 Å². The number of rotatable bonds is 2. The maximum atomic E-state index is 10.9. The second-order valence-electron chi connectivity index (χ2n) is 1.83. The van der Waals surface area contributed by atoms with E-state index in [1.165, 1.54) is 6.21 Å². The number of aliphatic imine (C=N–C) groups is 1. The van der Waals surface area contributed by atoms with E-state index in [2.05, 4.69) is 9.73 Å². The highest BCUT2D eigenvalue weighted by Crippen LogP contribution is 2.19. The molecule has 5 heteroatoms. The monoisotopic (exact) mass is 173 g/mol. The molecule has 0 saturated carbocycles. The van der Waals surface area contributed by atoms with E-state index in [1.807, 2.05) is 0 Å². The molecule has 0 bridgehead atoms. The van der Waals surface area contributed by atoms with Crippen molar-refractivity contribution in [2.45, 2.75) is 12.2 Å². The lowest BCUT2D eigenvalue weighted by atomic mass is 10.5. The Hall–Kier alpha value is -0.840. The number of carbonyl (C=O) groups is 2. The summed E-state index contributed by atoms with van der Waals surface area (Å²) < 4.78 is 4.67. The van der Waals surface area contributed by atoms with Gasteiger partial charge >= 0.3 is 11.2 Å². The third-order valence-corrected chi connectivity index (χ3v) is 1.94. The van der Waals surface area contributed by atoms with E-state index in [0.717, 1.165) is 11.8 Å². The average molecular weight is 173 g/mol. The third-order valence-electron chi connectivity index (χ3n) is 1.06. The highest BCUT2D eigenvalue weighted by Gasteiger charge is 2.26. The normalized spacial score (nSPS) is 22.3. The zero-order valence-corrected chi connectivity index (χ0v) is 6.76. The standard InChI is InChI=1S/C6H7NO3S/c1-2-10-5(8)4-3-7-6(9)11-4/h3-4H,2H2,1H3. The molecule has 0 radical (unpaired) electrons. The molecule has 4 nitrogen and oxygen atoms in total. The number of hydrogen-bond acceptors (Lipinski definition) is 4. The third kappa shape index (κ3) is 2.04. The molecular formula is C6H7NO3S. The van der Waals surface area contributed by atoms with E-state index in [-0.39, 0.29) is 5.24 Å². The molecular weight excluding hydrogens is 166 g/mol. The van der Waals surface area contributed by atoms with Crippen molar-refractivity contribution in [1.29, 1.82) is 0 Å². The first kappa shape index (κ1) is 8.26. The lowest BCUT2D eigenvalue weighted by Gasteiger charge is -2.02. The summed E-state index contributed by atoms with van der Waals surface area (Å²) in [6, 6.07) is 0. The van der Waals surface area contributed by atoms with Gasteiger partial charge in [-0.05, 0) is 18.7 Å². The summed E-state index contributed by atoms with van der Waals surface area (Å²) in [5.74, 6) is -0.396. The SMILES string of the molecule is CCOC(=O)C1C=NC(=O)S1. The Morgan fingerprint density at radius 1 is 1.91 bits per heavy atom. The summed E-state index contributed by atoms with van der Waals surface area (Å²) in [5.41, 5.74) is 0. The number of hydrogen-bond donors (Lipinski definition) is 0. The van der Waals surface area contributed by atoms with Crippen LogP contribution >= 0.6 is 11.8 Å². The molecule has 1 heterocycles. The average Bonchev–Trinajstić information content (AvgIpc) is 2.36. The molecule has 0 aliphatic carbocycles. The van der Waals surface area contributed by atoms with Gasteiger partial charge in [-0.25, -0.2) is 4.99 Å². The fraction of sp³-hybridized carbons (Fsp3) is 0.500. The van der Waals surface area contributed by atoms with Crippen LogP contribution in [0.15, 0.2) is 4.99 Å². The molecule has 0 saturated heterocycles. The van der Waals surface area contributed by atoms with Gasteiger partial charge in [0.1, 0.15) is 5.25 Å². The van der Waals surface area contributed by atoms with Gasteiger partial charge in [-0.3, -0.25) is 9.59 Å². The topological polar surface area (TPSA) is 55.7 Å². The van der Waals surface area contributed by atoms with Crippen LogP contribution in [0, 0.1) is 0 Å². The molecule has 1 atom stereocenters. The lowest BCUT2D eigenvalue weighted by molar-refractivity contribution is -0.140. The van der Waals surface area contributed by atoms with E-state index in [4.69, 9.17) is 0 Å². The van der Waals surface area contributed by atoms with Crippen molar-refractivity contribution in [3.63, 3.8) is 0 Å². The smallest absolute Gasteiger partial charge is 0.325 e. The van der Waals surface area contributed by atoms with Crippen LogP contribution in [0.3, 0.4) is 0 Å². The fourth-order valence-corrected chi connectivity index (χ4v) is 1.26. The van der Waals surface area contributed by atoms with Crippen LogP contribution < -0.4 is 0 Å². The van der Waals surface area contributed by atoms with Crippen LogP contribution in [0.2, 0.25) is 0 Å². The Morgan fingerprint density at radius 3 is 3.09 bits per heavy atom. The van der Waals surface area contributed by atoms with Crippen molar-refractivity contribution in [2.24, 2.45) is 4.99 Å². The Labute approximate surface area is 68.0 Å². The number of esters is 1. The molecule has 0 aromatic carbocycles. The second kappa shape index (κ2) is 3.52. The van der Waals surface area contributed by atoms with Crippen molar-refractivity contribution in [1.82, 2.24) is 0 Å². The van der Waals surface area contributed by atoms with Crippen molar-refractivity contribution >= 4 is 29.2 Å². The number of amides is 1. The van der Waals surface area contributed by atoms with Gasteiger partial charge in [-0.1, -0.05) is 0 Å². The van der Waals surface area contributed by atoms with Crippen LogP contribution in [0.5, 0.6) is 0 Å². The molecule has 0 fully saturated rings. The highest BCUT2D eigenvalue weighted by molar-refractivity contribution is 8.15. The predicted octanol–water partition coefficient (Wildman–Crippen LogP) is 0.856. The molecule has 0 aromatic rings. The van der Waals surface area contributed by atoms with Gasteiger partial charge in [-0.15, -0.1) is 0 Å². The van der Waals surface area contributed by atoms with E-state index in [1.54, 1.807) is 6.92 Å². The molecule has 0 N–H and O–H groups in total. The largest absolute Gasteiger partial charge is 0.465 e. The summed E-state index contributed by atoms with van der Waals surface area (Å²) >= 11 is 0.878. The number of nitrogens with zero attached hydrogens (tertiary/aromatic N) is 1. The summed E-state index contributed by atoms with van der Waals surface area (Å²) in [5, 5.41) is -0.856. The van der Waals surface area contributed by atoms with Gasteiger partial charge < -0.3 is 4.74 Å². The minimum absolute atomic E-state index is 0.331. The van der Waals surface area contributed by atoms with Crippen molar-refractivity contribution in [3.8, 4) is 0 Å².